The molecule has 0 aliphatic carbocycles. The van der Waals surface area contributed by atoms with Gasteiger partial charge < -0.3 is 5.11 Å². The van der Waals surface area contributed by atoms with E-state index in [1.54, 1.807) is 12.1 Å². The van der Waals surface area contributed by atoms with E-state index in [0.717, 1.165) is 5.56 Å². The Labute approximate surface area is 76.0 Å². The summed E-state index contributed by atoms with van der Waals surface area (Å²) in [6, 6.07) is 4.69. The summed E-state index contributed by atoms with van der Waals surface area (Å²) in [4.78, 5) is 21.1. The van der Waals surface area contributed by atoms with Gasteiger partial charge in [0.1, 0.15) is 6.29 Å². The number of carbonyl (C=O) groups excluding carboxylic acids is 1. The van der Waals surface area contributed by atoms with E-state index in [1.165, 1.54) is 6.07 Å². The maximum absolute atomic E-state index is 10.7. The van der Waals surface area contributed by atoms with Crippen molar-refractivity contribution in [3.63, 3.8) is 0 Å². The minimum atomic E-state index is -0.986. The lowest BCUT2D eigenvalue weighted by Gasteiger charge is -2.02. The van der Waals surface area contributed by atoms with Gasteiger partial charge in [0.25, 0.3) is 0 Å². The molecule has 0 saturated carbocycles. The zero-order valence-electron chi connectivity index (χ0n) is 7.28. The number of aldehydes is 1. The monoisotopic (exact) mass is 178 g/mol. The second-order valence-corrected chi connectivity index (χ2v) is 2.69. The summed E-state index contributed by atoms with van der Waals surface area (Å²) in [5.74, 6) is -0.986. The largest absolute Gasteiger partial charge is 0.478 e. The highest BCUT2D eigenvalue weighted by atomic mass is 16.4. The normalized spacial score (nSPS) is 9.62. The molecule has 1 aromatic carbocycles. The third kappa shape index (κ3) is 1.93. The minimum Gasteiger partial charge on any atom is -0.478 e. The molecule has 0 atom stereocenters. The van der Waals surface area contributed by atoms with Crippen molar-refractivity contribution in [3.05, 3.63) is 34.9 Å². The molecule has 0 heterocycles. The third-order valence-corrected chi connectivity index (χ3v) is 1.88. The van der Waals surface area contributed by atoms with Crippen LogP contribution in [0.15, 0.2) is 18.2 Å². The van der Waals surface area contributed by atoms with Gasteiger partial charge in [-0.2, -0.15) is 0 Å². The Morgan fingerprint density at radius 3 is 2.69 bits per heavy atom. The number of carbonyl (C=O) groups is 2. The van der Waals surface area contributed by atoms with Crippen molar-refractivity contribution in [3.8, 4) is 0 Å². The number of aryl methyl sites for hydroxylation is 1. The standard InChI is InChI=1S/C10H10O3/c1-2-8-4-3-7(6-11)5-9(8)10(12)13/h3-6H,2H2,1H3,(H,12,13). The molecule has 0 radical (unpaired) electrons. The number of benzene rings is 1. The van der Waals surface area contributed by atoms with E-state index in [-0.39, 0.29) is 5.56 Å². The van der Waals surface area contributed by atoms with Crippen LogP contribution in [-0.4, -0.2) is 17.4 Å². The van der Waals surface area contributed by atoms with Crippen molar-refractivity contribution >= 4 is 12.3 Å². The topological polar surface area (TPSA) is 54.4 Å². The highest BCUT2D eigenvalue weighted by Gasteiger charge is 2.08. The van der Waals surface area contributed by atoms with Crippen LogP contribution < -0.4 is 0 Å². The second-order valence-electron chi connectivity index (χ2n) is 2.69. The molecule has 3 nitrogen and oxygen atoms in total. The predicted molar refractivity (Wildman–Crippen MR) is 48.2 cm³/mol. The van der Waals surface area contributed by atoms with Crippen molar-refractivity contribution in [2.45, 2.75) is 13.3 Å². The van der Waals surface area contributed by atoms with Gasteiger partial charge in [0.05, 0.1) is 5.56 Å². The zero-order valence-corrected chi connectivity index (χ0v) is 7.28. The van der Waals surface area contributed by atoms with E-state index in [2.05, 4.69) is 0 Å². The molecule has 13 heavy (non-hydrogen) atoms. The molecular weight excluding hydrogens is 168 g/mol. The molecule has 0 fully saturated rings. The van der Waals surface area contributed by atoms with Crippen molar-refractivity contribution in [2.24, 2.45) is 0 Å². The lowest BCUT2D eigenvalue weighted by Crippen LogP contribution is -2.02. The molecule has 0 unspecified atom stereocenters. The molecular formula is C10H10O3. The van der Waals surface area contributed by atoms with E-state index < -0.39 is 5.97 Å². The first kappa shape index (κ1) is 9.45. The molecule has 0 amide bonds. The van der Waals surface area contributed by atoms with Crippen LogP contribution in [0.5, 0.6) is 0 Å². The van der Waals surface area contributed by atoms with Crippen LogP contribution in [0.2, 0.25) is 0 Å². The summed E-state index contributed by atoms with van der Waals surface area (Å²) in [5.41, 5.74) is 1.36. The molecule has 0 bridgehead atoms. The van der Waals surface area contributed by atoms with Gasteiger partial charge >= 0.3 is 5.97 Å². The van der Waals surface area contributed by atoms with Crippen LogP contribution >= 0.6 is 0 Å². The van der Waals surface area contributed by atoms with E-state index in [4.69, 9.17) is 5.11 Å². The Hall–Kier alpha value is -1.64. The summed E-state index contributed by atoms with van der Waals surface area (Å²) in [6.45, 7) is 1.88. The molecule has 1 N–H and O–H groups in total. The number of aromatic carboxylic acids is 1. The van der Waals surface area contributed by atoms with Gasteiger partial charge in [-0.15, -0.1) is 0 Å². The Morgan fingerprint density at radius 2 is 2.23 bits per heavy atom. The predicted octanol–water partition coefficient (Wildman–Crippen LogP) is 1.76. The van der Waals surface area contributed by atoms with Crippen LogP contribution in [-0.2, 0) is 6.42 Å². The molecule has 1 aromatic rings. The molecule has 0 saturated heterocycles. The van der Waals surface area contributed by atoms with Gasteiger partial charge in [-0.1, -0.05) is 19.1 Å². The van der Waals surface area contributed by atoms with E-state index in [1.807, 2.05) is 6.92 Å². The van der Waals surface area contributed by atoms with Gasteiger partial charge in [0.15, 0.2) is 0 Å². The summed E-state index contributed by atoms with van der Waals surface area (Å²) < 4.78 is 0. The molecule has 0 aliphatic heterocycles. The number of rotatable bonds is 3. The van der Waals surface area contributed by atoms with E-state index in [0.29, 0.717) is 18.3 Å². The summed E-state index contributed by atoms with van der Waals surface area (Å²) in [6.07, 6.45) is 1.30. The Bertz CT molecular complexity index is 342. The first-order chi connectivity index (χ1) is 6.19. The van der Waals surface area contributed by atoms with Gasteiger partial charge in [-0.3, -0.25) is 4.79 Å². The molecule has 0 spiro atoms. The SMILES string of the molecule is CCc1ccc(C=O)cc1C(=O)O. The van der Waals surface area contributed by atoms with E-state index in [9.17, 15) is 9.59 Å². The maximum atomic E-state index is 10.7. The highest BCUT2D eigenvalue weighted by Crippen LogP contribution is 2.11. The van der Waals surface area contributed by atoms with Crippen molar-refractivity contribution in [2.75, 3.05) is 0 Å². The van der Waals surface area contributed by atoms with Crippen LogP contribution in [0, 0.1) is 0 Å². The fraction of sp³-hybridized carbons (Fsp3) is 0.200. The number of hydrogen-bond donors (Lipinski definition) is 1. The first-order valence-electron chi connectivity index (χ1n) is 4.00. The maximum Gasteiger partial charge on any atom is 0.335 e. The van der Waals surface area contributed by atoms with Crippen LogP contribution in [0.3, 0.4) is 0 Å². The van der Waals surface area contributed by atoms with Crippen molar-refractivity contribution < 1.29 is 14.7 Å². The highest BCUT2D eigenvalue weighted by molar-refractivity contribution is 5.91. The summed E-state index contributed by atoms with van der Waals surface area (Å²) in [5, 5.41) is 8.80. The quantitative estimate of drug-likeness (QED) is 0.717. The van der Waals surface area contributed by atoms with Gasteiger partial charge in [-0.05, 0) is 18.1 Å². The molecule has 1 rings (SSSR count). The average Bonchev–Trinajstić information content (AvgIpc) is 2.16. The lowest BCUT2D eigenvalue weighted by atomic mass is 10.0. The summed E-state index contributed by atoms with van der Waals surface area (Å²) in [7, 11) is 0. The molecule has 68 valence electrons. The smallest absolute Gasteiger partial charge is 0.335 e. The van der Waals surface area contributed by atoms with E-state index >= 15 is 0 Å². The molecule has 0 aromatic heterocycles. The fourth-order valence-electron chi connectivity index (χ4n) is 1.17. The Balaban J connectivity index is 3.25. The van der Waals surface area contributed by atoms with Crippen molar-refractivity contribution in [1.29, 1.82) is 0 Å². The van der Waals surface area contributed by atoms with Crippen molar-refractivity contribution in [1.82, 2.24) is 0 Å². The Kier molecular flexibility index (Phi) is 2.80. The summed E-state index contributed by atoms with van der Waals surface area (Å²) >= 11 is 0. The van der Waals surface area contributed by atoms with Gasteiger partial charge in [-0.25, -0.2) is 4.79 Å². The molecule has 3 heteroatoms. The minimum absolute atomic E-state index is 0.215. The van der Waals surface area contributed by atoms with Crippen LogP contribution in [0.4, 0.5) is 0 Å². The fourth-order valence-corrected chi connectivity index (χ4v) is 1.17. The molecule has 0 aliphatic rings. The third-order valence-electron chi connectivity index (χ3n) is 1.88. The number of carboxylic acid groups (broad SMARTS) is 1. The van der Waals surface area contributed by atoms with Crippen LogP contribution in [0.1, 0.15) is 33.2 Å². The number of carboxylic acids is 1. The van der Waals surface area contributed by atoms with Gasteiger partial charge in [0.2, 0.25) is 0 Å². The average molecular weight is 178 g/mol. The zero-order chi connectivity index (χ0) is 9.84. The van der Waals surface area contributed by atoms with Gasteiger partial charge in [0, 0.05) is 5.56 Å². The second kappa shape index (κ2) is 3.85. The van der Waals surface area contributed by atoms with Crippen LogP contribution in [0.25, 0.3) is 0 Å². The lowest BCUT2D eigenvalue weighted by molar-refractivity contribution is 0.0695. The first-order valence-corrected chi connectivity index (χ1v) is 4.00. The Morgan fingerprint density at radius 1 is 1.54 bits per heavy atom. The number of hydrogen-bond acceptors (Lipinski definition) is 2.